The Labute approximate surface area is 223 Å². The fourth-order valence-electron chi connectivity index (χ4n) is 4.40. The molecule has 2 heterocycles. The van der Waals surface area contributed by atoms with E-state index < -0.39 is 0 Å². The quantitative estimate of drug-likeness (QED) is 0.156. The number of carbonyl (C=O) groups excluding carboxylic acids is 1. The first-order chi connectivity index (χ1) is 17.5. The predicted molar refractivity (Wildman–Crippen MR) is 152 cm³/mol. The maximum Gasteiger partial charge on any atom is 0.263 e. The number of para-hydroxylation sites is 1. The molecule has 0 fully saturated rings. The topological polar surface area (TPSA) is 64.0 Å². The highest BCUT2D eigenvalue weighted by atomic mass is 32.2. The van der Waals surface area contributed by atoms with Gasteiger partial charge in [0.1, 0.15) is 4.83 Å². The van der Waals surface area contributed by atoms with Gasteiger partial charge in [0, 0.05) is 21.2 Å². The molecular formula is C28H27N3O2S3. The number of aryl methyl sites for hydroxylation is 1. The minimum atomic E-state index is -0.139. The average Bonchev–Trinajstić information content (AvgIpc) is 3.24. The molecule has 8 heteroatoms. The van der Waals surface area contributed by atoms with Crippen molar-refractivity contribution in [1.29, 1.82) is 0 Å². The minimum absolute atomic E-state index is 0.0283. The van der Waals surface area contributed by atoms with Gasteiger partial charge in [0.2, 0.25) is 5.91 Å². The van der Waals surface area contributed by atoms with E-state index in [2.05, 4.69) is 18.8 Å². The Bertz CT molecular complexity index is 1480. The van der Waals surface area contributed by atoms with Gasteiger partial charge in [-0.15, -0.1) is 17.9 Å². The summed E-state index contributed by atoms with van der Waals surface area (Å²) in [4.78, 5) is 35.4. The average molecular weight is 534 g/mol. The van der Waals surface area contributed by atoms with E-state index in [9.17, 15) is 9.59 Å². The molecule has 5 rings (SSSR count). The van der Waals surface area contributed by atoms with Crippen molar-refractivity contribution in [2.75, 3.05) is 11.1 Å². The number of amides is 1. The molecular weight excluding hydrogens is 507 g/mol. The highest BCUT2D eigenvalue weighted by Gasteiger charge is 2.24. The highest BCUT2D eigenvalue weighted by Crippen LogP contribution is 2.37. The van der Waals surface area contributed by atoms with Crippen LogP contribution in [0.4, 0.5) is 5.69 Å². The molecule has 1 atom stereocenters. The molecule has 1 unspecified atom stereocenters. The largest absolute Gasteiger partial charge is 0.324 e. The van der Waals surface area contributed by atoms with Crippen LogP contribution in [0.2, 0.25) is 0 Å². The van der Waals surface area contributed by atoms with Crippen LogP contribution in [0.1, 0.15) is 23.8 Å². The third-order valence-corrected chi connectivity index (χ3v) is 9.36. The molecule has 1 N–H and O–H groups in total. The number of thioether (sulfide) groups is 1. The van der Waals surface area contributed by atoms with Gasteiger partial charge in [0.25, 0.3) is 5.56 Å². The van der Waals surface area contributed by atoms with E-state index in [0.717, 1.165) is 45.0 Å². The summed E-state index contributed by atoms with van der Waals surface area (Å²) in [5.74, 6) is 0.642. The summed E-state index contributed by atoms with van der Waals surface area (Å²) >= 11 is 4.53. The van der Waals surface area contributed by atoms with Crippen LogP contribution < -0.4 is 10.9 Å². The first-order valence-electron chi connectivity index (χ1n) is 11.9. The van der Waals surface area contributed by atoms with E-state index in [0.29, 0.717) is 17.6 Å². The molecule has 1 amide bonds. The first-order valence-corrected chi connectivity index (χ1v) is 14.6. The van der Waals surface area contributed by atoms with E-state index in [1.807, 2.05) is 54.6 Å². The number of fused-ring (bicyclic) bond motifs is 3. The molecule has 1 aliphatic carbocycles. The number of hydrogen-bond acceptors (Lipinski definition) is 6. The Morgan fingerprint density at radius 2 is 2.00 bits per heavy atom. The van der Waals surface area contributed by atoms with Gasteiger partial charge in [-0.3, -0.25) is 14.2 Å². The number of carbonyl (C=O) groups is 1. The summed E-state index contributed by atoms with van der Waals surface area (Å²) in [5.41, 5.74) is 1.91. The zero-order chi connectivity index (χ0) is 25.1. The van der Waals surface area contributed by atoms with Crippen LogP contribution in [0.5, 0.6) is 0 Å². The maximum absolute atomic E-state index is 13.5. The number of rotatable bonds is 8. The number of benzene rings is 2. The monoisotopic (exact) mass is 533 g/mol. The Morgan fingerprint density at radius 3 is 2.81 bits per heavy atom. The summed E-state index contributed by atoms with van der Waals surface area (Å²) in [6.07, 6.45) is 4.73. The number of anilines is 1. The third-order valence-electron chi connectivity index (χ3n) is 6.16. The molecule has 0 spiro atoms. The zero-order valence-electron chi connectivity index (χ0n) is 20.0. The summed E-state index contributed by atoms with van der Waals surface area (Å²) in [5, 5.41) is 4.35. The van der Waals surface area contributed by atoms with Gasteiger partial charge in [-0.2, -0.15) is 0 Å². The van der Waals surface area contributed by atoms with Gasteiger partial charge in [-0.25, -0.2) is 4.98 Å². The van der Waals surface area contributed by atoms with Crippen molar-refractivity contribution in [3.63, 3.8) is 0 Å². The maximum atomic E-state index is 13.5. The molecule has 0 saturated heterocycles. The van der Waals surface area contributed by atoms with Gasteiger partial charge in [0.05, 0.1) is 16.8 Å². The molecule has 5 nitrogen and oxygen atoms in total. The molecule has 2 aromatic heterocycles. The molecule has 0 radical (unpaired) electrons. The van der Waals surface area contributed by atoms with Crippen molar-refractivity contribution >= 4 is 56.7 Å². The van der Waals surface area contributed by atoms with Crippen molar-refractivity contribution in [2.45, 2.75) is 47.7 Å². The highest BCUT2D eigenvalue weighted by molar-refractivity contribution is 8.00. The molecule has 2 aromatic carbocycles. The van der Waals surface area contributed by atoms with Crippen molar-refractivity contribution in [3.05, 3.63) is 88.0 Å². The van der Waals surface area contributed by atoms with Crippen LogP contribution in [0.3, 0.4) is 0 Å². The lowest BCUT2D eigenvalue weighted by Crippen LogP contribution is -2.24. The predicted octanol–water partition coefficient (Wildman–Crippen LogP) is 6.65. The van der Waals surface area contributed by atoms with Gasteiger partial charge in [0.15, 0.2) is 5.16 Å². The standard InChI is InChI=1S/C28H27N3O2S3/c1-3-15-31-27(33)25-20-14-13-18(2)16-23(20)36-26(25)30-28(31)34-17-24(32)29-21-11-7-8-12-22(21)35-19-9-5-4-6-10-19/h3-12,18H,1,13-17H2,2H3,(H,29,32). The van der Waals surface area contributed by atoms with Gasteiger partial charge < -0.3 is 5.32 Å². The van der Waals surface area contributed by atoms with Crippen molar-refractivity contribution in [1.82, 2.24) is 9.55 Å². The van der Waals surface area contributed by atoms with E-state index in [4.69, 9.17) is 4.98 Å². The Balaban J connectivity index is 1.36. The SMILES string of the molecule is C=CCn1c(SCC(=O)Nc2ccccc2Sc2ccccc2)nc2sc3c(c2c1=O)CCC(C)C3. The number of thiophene rings is 1. The van der Waals surface area contributed by atoms with Gasteiger partial charge in [-0.1, -0.05) is 66.9 Å². The third kappa shape index (κ3) is 5.31. The number of allylic oxidation sites excluding steroid dienone is 1. The molecule has 0 bridgehead atoms. The molecule has 1 aliphatic rings. The summed E-state index contributed by atoms with van der Waals surface area (Å²) in [6, 6.07) is 17.8. The number of nitrogens with one attached hydrogen (secondary N) is 1. The van der Waals surface area contributed by atoms with Crippen molar-refractivity contribution < 1.29 is 4.79 Å². The van der Waals surface area contributed by atoms with Crippen molar-refractivity contribution in [2.24, 2.45) is 5.92 Å². The van der Waals surface area contributed by atoms with Crippen LogP contribution in [0.25, 0.3) is 10.2 Å². The summed E-state index contributed by atoms with van der Waals surface area (Å²) in [6.45, 7) is 6.44. The molecule has 0 aliphatic heterocycles. The van der Waals surface area contributed by atoms with E-state index in [-0.39, 0.29) is 17.2 Å². The normalized spacial score (nSPS) is 15.0. The minimum Gasteiger partial charge on any atom is -0.324 e. The molecule has 4 aromatic rings. The van der Waals surface area contributed by atoms with Crippen LogP contribution in [-0.2, 0) is 24.2 Å². The summed E-state index contributed by atoms with van der Waals surface area (Å²) < 4.78 is 1.65. The van der Waals surface area contributed by atoms with Crippen molar-refractivity contribution in [3.8, 4) is 0 Å². The van der Waals surface area contributed by atoms with Gasteiger partial charge in [-0.05, 0) is 55.0 Å². The lowest BCUT2D eigenvalue weighted by molar-refractivity contribution is -0.113. The number of nitrogens with zero attached hydrogens (tertiary/aromatic N) is 2. The second-order valence-electron chi connectivity index (χ2n) is 8.88. The number of aromatic nitrogens is 2. The smallest absolute Gasteiger partial charge is 0.263 e. The van der Waals surface area contributed by atoms with Crippen LogP contribution in [0.15, 0.2) is 87.0 Å². The second kappa shape index (κ2) is 11.1. The van der Waals surface area contributed by atoms with Crippen LogP contribution in [0, 0.1) is 5.92 Å². The lowest BCUT2D eigenvalue weighted by atomic mass is 9.89. The van der Waals surface area contributed by atoms with Crippen LogP contribution >= 0.6 is 34.9 Å². The lowest BCUT2D eigenvalue weighted by Gasteiger charge is -2.17. The fraction of sp³-hybridized carbons (Fsp3) is 0.250. The molecule has 36 heavy (non-hydrogen) atoms. The molecule has 0 saturated carbocycles. The van der Waals surface area contributed by atoms with Crippen LogP contribution in [-0.4, -0.2) is 21.2 Å². The summed E-state index contributed by atoms with van der Waals surface area (Å²) in [7, 11) is 0. The Kier molecular flexibility index (Phi) is 7.65. The second-order valence-corrected chi connectivity index (χ2v) is 12.0. The van der Waals surface area contributed by atoms with E-state index in [1.54, 1.807) is 33.7 Å². The van der Waals surface area contributed by atoms with E-state index >= 15 is 0 Å². The Hall–Kier alpha value is -2.81. The van der Waals surface area contributed by atoms with E-state index in [1.165, 1.54) is 22.2 Å². The van der Waals surface area contributed by atoms with Gasteiger partial charge >= 0.3 is 0 Å². The fourth-order valence-corrected chi connectivity index (χ4v) is 7.55. The first kappa shape index (κ1) is 24.9. The molecule has 184 valence electrons. The number of hydrogen-bond donors (Lipinski definition) is 1. The Morgan fingerprint density at radius 1 is 1.22 bits per heavy atom. The zero-order valence-corrected chi connectivity index (χ0v) is 22.5.